The minimum absolute atomic E-state index is 0.230. The molecule has 5 rings (SSSR count). The average Bonchev–Trinajstić information content (AvgIpc) is 3.53. The third-order valence-electron chi connectivity index (χ3n) is 5.50. The van der Waals surface area contributed by atoms with Gasteiger partial charge in [0.25, 0.3) is 5.91 Å². The maximum Gasteiger partial charge on any atom is 0.252 e. The summed E-state index contributed by atoms with van der Waals surface area (Å²) in [6.45, 7) is 0.600. The molecule has 0 aliphatic heterocycles. The van der Waals surface area contributed by atoms with Crippen molar-refractivity contribution in [3.63, 3.8) is 0 Å². The summed E-state index contributed by atoms with van der Waals surface area (Å²) in [5.74, 6) is 0.416. The van der Waals surface area contributed by atoms with Crippen molar-refractivity contribution in [2.45, 2.75) is 18.0 Å². The molecule has 0 unspecified atom stereocenters. The second-order valence-electron chi connectivity index (χ2n) is 8.01. The molecule has 0 aliphatic carbocycles. The number of nitrogens with one attached hydrogen (secondary N) is 1. The second-order valence-corrected chi connectivity index (χ2v) is 10.0. The molecular formula is C25H21N5O4S. The summed E-state index contributed by atoms with van der Waals surface area (Å²) < 4.78 is 30.5. The first-order valence-electron chi connectivity index (χ1n) is 10.7. The summed E-state index contributed by atoms with van der Waals surface area (Å²) in [5.41, 5.74) is 3.11. The lowest BCUT2D eigenvalue weighted by Gasteiger charge is -2.10. The number of hydrogen-bond donors (Lipinski definition) is 1. The molecule has 0 spiro atoms. The highest BCUT2D eigenvalue weighted by molar-refractivity contribution is 7.90. The first-order chi connectivity index (χ1) is 16.9. The Balaban J connectivity index is 1.48. The Bertz CT molecular complexity index is 1590. The van der Waals surface area contributed by atoms with E-state index in [9.17, 15) is 13.2 Å². The van der Waals surface area contributed by atoms with E-state index in [0.29, 0.717) is 34.6 Å². The minimum atomic E-state index is -3.28. The fourth-order valence-corrected chi connectivity index (χ4v) is 4.33. The molecule has 1 aromatic carbocycles. The lowest BCUT2D eigenvalue weighted by molar-refractivity contribution is 0.0952. The van der Waals surface area contributed by atoms with Crippen LogP contribution in [0.25, 0.3) is 22.3 Å². The number of benzene rings is 1. The first kappa shape index (κ1) is 22.5. The average molecular weight is 488 g/mol. The smallest absolute Gasteiger partial charge is 0.252 e. The van der Waals surface area contributed by atoms with Crippen molar-refractivity contribution in [3.05, 3.63) is 96.3 Å². The Morgan fingerprint density at radius 3 is 2.60 bits per heavy atom. The van der Waals surface area contributed by atoms with Crippen molar-refractivity contribution in [3.8, 4) is 11.3 Å². The van der Waals surface area contributed by atoms with Crippen LogP contribution in [0.4, 0.5) is 0 Å². The number of carbonyl (C=O) groups excluding carboxylic acids is 1. The first-order valence-corrected chi connectivity index (χ1v) is 12.6. The zero-order valence-corrected chi connectivity index (χ0v) is 19.6. The Labute approximate surface area is 201 Å². The van der Waals surface area contributed by atoms with Crippen molar-refractivity contribution in [2.75, 3.05) is 6.26 Å². The van der Waals surface area contributed by atoms with Crippen LogP contribution in [-0.4, -0.2) is 40.3 Å². The number of rotatable bonds is 7. The van der Waals surface area contributed by atoms with E-state index in [1.807, 2.05) is 12.1 Å². The molecule has 4 heterocycles. The molecule has 0 saturated heterocycles. The van der Waals surface area contributed by atoms with Crippen LogP contribution in [0.3, 0.4) is 0 Å². The quantitative estimate of drug-likeness (QED) is 0.373. The van der Waals surface area contributed by atoms with Crippen LogP contribution in [0, 0.1) is 0 Å². The van der Waals surface area contributed by atoms with Crippen LogP contribution in [0.2, 0.25) is 0 Å². The summed E-state index contributed by atoms with van der Waals surface area (Å²) in [7, 11) is -3.28. The summed E-state index contributed by atoms with van der Waals surface area (Å²) in [5, 5.41) is 7.96. The maximum absolute atomic E-state index is 13.3. The van der Waals surface area contributed by atoms with Crippen LogP contribution >= 0.6 is 0 Å². The summed E-state index contributed by atoms with van der Waals surface area (Å²) >= 11 is 0. The van der Waals surface area contributed by atoms with Gasteiger partial charge in [-0.15, -0.1) is 0 Å². The van der Waals surface area contributed by atoms with Crippen LogP contribution in [0.1, 0.15) is 21.7 Å². The summed E-state index contributed by atoms with van der Waals surface area (Å²) in [4.78, 5) is 22.4. The summed E-state index contributed by atoms with van der Waals surface area (Å²) in [6, 6.07) is 15.5. The topological polar surface area (TPSA) is 120 Å². The van der Waals surface area contributed by atoms with Gasteiger partial charge in [-0.1, -0.05) is 12.1 Å². The third kappa shape index (κ3) is 4.82. The zero-order valence-electron chi connectivity index (χ0n) is 18.7. The van der Waals surface area contributed by atoms with E-state index < -0.39 is 9.84 Å². The van der Waals surface area contributed by atoms with Gasteiger partial charge >= 0.3 is 0 Å². The summed E-state index contributed by atoms with van der Waals surface area (Å²) in [6.07, 6.45) is 7.73. The number of aromatic nitrogens is 4. The Hall–Kier alpha value is -4.31. The van der Waals surface area contributed by atoms with Crippen molar-refractivity contribution < 1.29 is 17.6 Å². The molecule has 1 amide bonds. The number of carbonyl (C=O) groups is 1. The molecule has 4 aromatic heterocycles. The van der Waals surface area contributed by atoms with E-state index in [0.717, 1.165) is 17.4 Å². The van der Waals surface area contributed by atoms with E-state index in [4.69, 9.17) is 9.40 Å². The normalized spacial score (nSPS) is 11.6. The lowest BCUT2D eigenvalue weighted by Crippen LogP contribution is -2.23. The van der Waals surface area contributed by atoms with Gasteiger partial charge in [-0.2, -0.15) is 5.10 Å². The number of nitrogens with zero attached hydrogens (tertiary/aromatic N) is 4. The number of sulfone groups is 1. The van der Waals surface area contributed by atoms with Gasteiger partial charge < -0.3 is 9.73 Å². The third-order valence-corrected chi connectivity index (χ3v) is 6.63. The predicted molar refractivity (Wildman–Crippen MR) is 129 cm³/mol. The molecule has 0 atom stereocenters. The Kier molecular flexibility index (Phi) is 5.87. The maximum atomic E-state index is 13.3. The van der Waals surface area contributed by atoms with E-state index in [1.54, 1.807) is 59.9 Å². The molecule has 0 radical (unpaired) electrons. The molecule has 176 valence electrons. The molecule has 9 nitrogen and oxygen atoms in total. The fraction of sp³-hybridized carbons (Fsp3) is 0.120. The SMILES string of the molecule is CS(=O)(=O)c1ccc(CNC(=O)c2cc(-c3cccnc3)nc3c2cnn3Cc2ccco2)cc1. The molecule has 0 bridgehead atoms. The van der Waals surface area contributed by atoms with Gasteiger partial charge in [0.1, 0.15) is 12.3 Å². The monoisotopic (exact) mass is 487 g/mol. The van der Waals surface area contributed by atoms with Gasteiger partial charge in [-0.05, 0) is 48.0 Å². The Morgan fingerprint density at radius 1 is 1.09 bits per heavy atom. The van der Waals surface area contributed by atoms with Gasteiger partial charge in [-0.3, -0.25) is 9.78 Å². The van der Waals surface area contributed by atoms with E-state index in [-0.39, 0.29) is 17.3 Å². The standard InChI is InChI=1S/C25H21N5O4S/c1-35(32,33)20-8-6-17(7-9-20)13-27-25(31)21-12-23(18-4-2-10-26-14-18)29-24-22(21)15-28-30(24)16-19-5-3-11-34-19/h2-12,14-15H,13,16H2,1H3,(H,27,31). The highest BCUT2D eigenvalue weighted by Gasteiger charge is 2.18. The van der Waals surface area contributed by atoms with Gasteiger partial charge in [0.15, 0.2) is 15.5 Å². The largest absolute Gasteiger partial charge is 0.467 e. The number of pyridine rings is 2. The number of fused-ring (bicyclic) bond motifs is 1. The Morgan fingerprint density at radius 2 is 1.91 bits per heavy atom. The molecule has 10 heteroatoms. The number of amides is 1. The lowest BCUT2D eigenvalue weighted by atomic mass is 10.1. The van der Waals surface area contributed by atoms with Gasteiger partial charge in [-0.25, -0.2) is 18.1 Å². The van der Waals surface area contributed by atoms with Gasteiger partial charge in [0.05, 0.1) is 34.0 Å². The second kappa shape index (κ2) is 9.15. The highest BCUT2D eigenvalue weighted by Crippen LogP contribution is 2.25. The van der Waals surface area contributed by atoms with E-state index in [2.05, 4.69) is 15.4 Å². The zero-order chi connectivity index (χ0) is 24.4. The van der Waals surface area contributed by atoms with E-state index >= 15 is 0 Å². The van der Waals surface area contributed by atoms with E-state index in [1.165, 1.54) is 12.1 Å². The van der Waals surface area contributed by atoms with Gasteiger partial charge in [0.2, 0.25) is 0 Å². The molecule has 0 saturated carbocycles. The highest BCUT2D eigenvalue weighted by atomic mass is 32.2. The molecule has 0 aliphatic rings. The molecule has 5 aromatic rings. The molecule has 1 N–H and O–H groups in total. The van der Waals surface area contributed by atoms with Crippen LogP contribution in [-0.2, 0) is 22.9 Å². The minimum Gasteiger partial charge on any atom is -0.467 e. The van der Waals surface area contributed by atoms with Crippen LogP contribution in [0.15, 0.2) is 88.8 Å². The number of hydrogen-bond acceptors (Lipinski definition) is 7. The van der Waals surface area contributed by atoms with Crippen molar-refractivity contribution in [1.29, 1.82) is 0 Å². The molecule has 35 heavy (non-hydrogen) atoms. The van der Waals surface area contributed by atoms with Crippen LogP contribution in [0.5, 0.6) is 0 Å². The van der Waals surface area contributed by atoms with Crippen LogP contribution < -0.4 is 5.32 Å². The van der Waals surface area contributed by atoms with Gasteiger partial charge in [0, 0.05) is 30.8 Å². The molecular weight excluding hydrogens is 466 g/mol. The van der Waals surface area contributed by atoms with Crippen molar-refractivity contribution >= 4 is 26.8 Å². The predicted octanol–water partition coefficient (Wildman–Crippen LogP) is 3.47. The van der Waals surface area contributed by atoms with Crippen molar-refractivity contribution in [2.24, 2.45) is 0 Å². The van der Waals surface area contributed by atoms with Crippen molar-refractivity contribution in [1.82, 2.24) is 25.1 Å². The number of furan rings is 1. The molecule has 0 fully saturated rings. The fourth-order valence-electron chi connectivity index (χ4n) is 3.70.